The highest BCUT2D eigenvalue weighted by Crippen LogP contribution is 2.17. The molecule has 11 nitrogen and oxygen atoms in total. The van der Waals surface area contributed by atoms with Crippen molar-refractivity contribution in [3.8, 4) is 0 Å². The second-order valence-electron chi connectivity index (χ2n) is 10.6. The molecule has 0 saturated carbocycles. The summed E-state index contributed by atoms with van der Waals surface area (Å²) in [6, 6.07) is 10.9. The predicted molar refractivity (Wildman–Crippen MR) is 171 cm³/mol. The number of primary amides is 1. The Morgan fingerprint density at radius 2 is 1.28 bits per heavy atom. The number of carbonyl (C=O) groups is 5. The van der Waals surface area contributed by atoms with Gasteiger partial charge in [-0.3, -0.25) is 24.0 Å². The first-order chi connectivity index (χ1) is 20.5. The van der Waals surface area contributed by atoms with Crippen LogP contribution in [0, 0.1) is 0 Å². The molecule has 12 heteroatoms. The van der Waals surface area contributed by atoms with Gasteiger partial charge >= 0.3 is 0 Å². The average molecular weight is 613 g/mol. The molecule has 2 aromatic carbocycles. The monoisotopic (exact) mass is 612 g/mol. The van der Waals surface area contributed by atoms with E-state index in [-0.39, 0.29) is 24.7 Å². The van der Waals surface area contributed by atoms with Crippen molar-refractivity contribution in [3.05, 3.63) is 48.0 Å². The number of benzene rings is 2. The molecule has 0 saturated heterocycles. The SMILES string of the molecule is CC(=O)NCCCC[C@H](NC(=O)[C@H](CCCCNC(C)=S)NC(=O)[C@H](Cc1ccc2ccccc2c1)NC(C)=O)C(N)=O. The second kappa shape index (κ2) is 18.5. The number of unbranched alkanes of at least 4 members (excludes halogenated alkanes) is 2. The van der Waals surface area contributed by atoms with E-state index in [1.165, 1.54) is 13.8 Å². The van der Waals surface area contributed by atoms with E-state index < -0.39 is 35.8 Å². The molecule has 0 aliphatic carbocycles. The lowest BCUT2D eigenvalue weighted by Crippen LogP contribution is -2.56. The van der Waals surface area contributed by atoms with Gasteiger partial charge in [-0.15, -0.1) is 0 Å². The fourth-order valence-electron chi connectivity index (χ4n) is 4.63. The van der Waals surface area contributed by atoms with E-state index in [1.807, 2.05) is 42.5 Å². The Bertz CT molecular complexity index is 1290. The zero-order valence-electron chi connectivity index (χ0n) is 25.2. The van der Waals surface area contributed by atoms with Gasteiger partial charge in [0.2, 0.25) is 29.5 Å². The van der Waals surface area contributed by atoms with Gasteiger partial charge in [-0.05, 0) is 61.8 Å². The Balaban J connectivity index is 2.14. The van der Waals surface area contributed by atoms with Crippen LogP contribution in [0.15, 0.2) is 42.5 Å². The van der Waals surface area contributed by atoms with Crippen LogP contribution in [0.1, 0.15) is 64.9 Å². The van der Waals surface area contributed by atoms with Crippen LogP contribution in [0.2, 0.25) is 0 Å². The van der Waals surface area contributed by atoms with Gasteiger partial charge in [0.1, 0.15) is 18.1 Å². The van der Waals surface area contributed by atoms with Gasteiger partial charge in [-0.2, -0.15) is 0 Å². The van der Waals surface area contributed by atoms with Crippen LogP contribution in [-0.2, 0) is 30.4 Å². The highest BCUT2D eigenvalue weighted by molar-refractivity contribution is 7.80. The van der Waals surface area contributed by atoms with Crippen LogP contribution in [-0.4, -0.2) is 65.7 Å². The molecule has 0 radical (unpaired) electrons. The molecule has 0 aromatic heterocycles. The molecular weight excluding hydrogens is 568 g/mol. The number of thiocarbonyl (C=S) groups is 1. The number of nitrogens with two attached hydrogens (primary N) is 1. The molecule has 0 spiro atoms. The maximum Gasteiger partial charge on any atom is 0.243 e. The number of hydrogen-bond acceptors (Lipinski definition) is 6. The van der Waals surface area contributed by atoms with Crippen molar-refractivity contribution in [1.82, 2.24) is 26.6 Å². The van der Waals surface area contributed by atoms with Gasteiger partial charge in [0.25, 0.3) is 0 Å². The normalized spacial score (nSPS) is 12.8. The van der Waals surface area contributed by atoms with Gasteiger partial charge in [-0.1, -0.05) is 54.7 Å². The lowest BCUT2D eigenvalue weighted by molar-refractivity contribution is -0.133. The maximum atomic E-state index is 13.5. The largest absolute Gasteiger partial charge is 0.380 e. The molecule has 43 heavy (non-hydrogen) atoms. The number of fused-ring (bicyclic) bond motifs is 1. The van der Waals surface area contributed by atoms with E-state index in [4.69, 9.17) is 18.0 Å². The summed E-state index contributed by atoms with van der Waals surface area (Å²) in [6.07, 6.45) is 3.25. The number of carbonyl (C=O) groups excluding carboxylic acids is 5. The quantitative estimate of drug-likeness (QED) is 0.110. The zero-order valence-corrected chi connectivity index (χ0v) is 26.0. The third-order valence-electron chi connectivity index (χ3n) is 6.83. The molecule has 0 unspecified atom stereocenters. The van der Waals surface area contributed by atoms with Gasteiger partial charge < -0.3 is 32.3 Å². The molecule has 0 bridgehead atoms. The Labute approximate surface area is 258 Å². The Morgan fingerprint density at radius 3 is 1.88 bits per heavy atom. The molecule has 2 rings (SSSR count). The summed E-state index contributed by atoms with van der Waals surface area (Å²) in [5, 5.41) is 16.0. The first-order valence-electron chi connectivity index (χ1n) is 14.6. The molecule has 5 amide bonds. The van der Waals surface area contributed by atoms with Gasteiger partial charge in [-0.25, -0.2) is 0 Å². The van der Waals surface area contributed by atoms with Gasteiger partial charge in [0.15, 0.2) is 0 Å². The second-order valence-corrected chi connectivity index (χ2v) is 11.2. The highest BCUT2D eigenvalue weighted by Gasteiger charge is 2.28. The lowest BCUT2D eigenvalue weighted by Gasteiger charge is -2.25. The van der Waals surface area contributed by atoms with Crippen LogP contribution in [0.4, 0.5) is 0 Å². The minimum Gasteiger partial charge on any atom is -0.380 e. The lowest BCUT2D eigenvalue weighted by atomic mass is 10.00. The molecule has 0 fully saturated rings. The minimum absolute atomic E-state index is 0.146. The van der Waals surface area contributed by atoms with E-state index in [2.05, 4.69) is 26.6 Å². The number of rotatable bonds is 18. The third kappa shape index (κ3) is 13.6. The van der Waals surface area contributed by atoms with Crippen LogP contribution in [0.3, 0.4) is 0 Å². The number of hydrogen-bond donors (Lipinski definition) is 6. The van der Waals surface area contributed by atoms with Crippen molar-refractivity contribution in [2.45, 2.75) is 83.8 Å². The van der Waals surface area contributed by atoms with Gasteiger partial charge in [0.05, 0.1) is 4.99 Å². The minimum atomic E-state index is -0.963. The van der Waals surface area contributed by atoms with Crippen LogP contribution >= 0.6 is 12.2 Å². The van der Waals surface area contributed by atoms with Crippen molar-refractivity contribution < 1.29 is 24.0 Å². The molecule has 2 aromatic rings. The van der Waals surface area contributed by atoms with E-state index in [0.29, 0.717) is 50.2 Å². The molecule has 0 heterocycles. The first-order valence-corrected chi connectivity index (χ1v) is 15.0. The summed E-state index contributed by atoms with van der Waals surface area (Å²) in [7, 11) is 0. The maximum absolute atomic E-state index is 13.5. The molecule has 0 aliphatic rings. The first kappa shape index (κ1) is 35.1. The molecule has 0 aliphatic heterocycles. The summed E-state index contributed by atoms with van der Waals surface area (Å²) in [5.41, 5.74) is 6.42. The predicted octanol–water partition coefficient (Wildman–Crippen LogP) is 1.76. The molecular formula is C31H44N6O5S. The van der Waals surface area contributed by atoms with Crippen molar-refractivity contribution in [2.75, 3.05) is 13.1 Å². The summed E-state index contributed by atoms with van der Waals surface area (Å²) in [4.78, 5) is 62.8. The Hall–Kier alpha value is -4.06. The molecule has 3 atom stereocenters. The van der Waals surface area contributed by atoms with E-state index >= 15 is 0 Å². The fourth-order valence-corrected chi connectivity index (χ4v) is 4.73. The van der Waals surface area contributed by atoms with Crippen molar-refractivity contribution in [3.63, 3.8) is 0 Å². The summed E-state index contributed by atoms with van der Waals surface area (Å²) in [5.74, 6) is -2.26. The average Bonchev–Trinajstić information content (AvgIpc) is 2.94. The van der Waals surface area contributed by atoms with E-state index in [9.17, 15) is 24.0 Å². The topological polar surface area (TPSA) is 172 Å². The standard InChI is InChI=1S/C31H44N6O5S/c1-20(38)33-16-8-6-12-26(29(32)40)36-30(41)27(13-7-9-17-34-22(3)43)37-31(42)28(35-21(2)39)19-23-14-15-24-10-4-5-11-25(24)18-23/h4-5,10-11,14-15,18,26-28H,6-9,12-13,16-17,19H2,1-3H3,(H2,32,40)(H,33,38)(H,34,43)(H,35,39)(H,36,41)(H,37,42)/t26-,27-,28-/m0/s1. The molecule has 234 valence electrons. The van der Waals surface area contributed by atoms with Gasteiger partial charge in [0, 0.05) is 33.4 Å². The Morgan fingerprint density at radius 1 is 0.698 bits per heavy atom. The fraction of sp³-hybridized carbons (Fsp3) is 0.484. The summed E-state index contributed by atoms with van der Waals surface area (Å²) >= 11 is 5.04. The third-order valence-corrected chi connectivity index (χ3v) is 6.97. The van der Waals surface area contributed by atoms with Crippen LogP contribution < -0.4 is 32.3 Å². The van der Waals surface area contributed by atoms with Crippen molar-refractivity contribution >= 4 is 57.5 Å². The highest BCUT2D eigenvalue weighted by atomic mass is 32.1. The Kier molecular flexibility index (Phi) is 15.1. The van der Waals surface area contributed by atoms with E-state index in [1.54, 1.807) is 6.92 Å². The van der Waals surface area contributed by atoms with E-state index in [0.717, 1.165) is 16.3 Å². The smallest absolute Gasteiger partial charge is 0.243 e. The molecule has 7 N–H and O–H groups in total. The zero-order chi connectivity index (χ0) is 31.8. The van der Waals surface area contributed by atoms with Crippen LogP contribution in [0.25, 0.3) is 10.8 Å². The number of amides is 5. The number of nitrogens with one attached hydrogen (secondary N) is 5. The summed E-state index contributed by atoms with van der Waals surface area (Å²) < 4.78 is 0. The van der Waals surface area contributed by atoms with Crippen LogP contribution in [0.5, 0.6) is 0 Å². The van der Waals surface area contributed by atoms with Crippen molar-refractivity contribution in [2.24, 2.45) is 5.73 Å². The van der Waals surface area contributed by atoms with Crippen molar-refractivity contribution in [1.29, 1.82) is 0 Å². The summed E-state index contributed by atoms with van der Waals surface area (Å²) in [6.45, 7) is 5.60.